The second kappa shape index (κ2) is 6.08. The van der Waals surface area contributed by atoms with Gasteiger partial charge in [-0.05, 0) is 0 Å². The van der Waals surface area contributed by atoms with E-state index in [0.29, 0.717) is 30.5 Å². The van der Waals surface area contributed by atoms with Crippen molar-refractivity contribution in [3.63, 3.8) is 0 Å². The van der Waals surface area contributed by atoms with Crippen LogP contribution in [0.5, 0.6) is 0 Å². The van der Waals surface area contributed by atoms with Crippen molar-refractivity contribution in [3.8, 4) is 0 Å². The van der Waals surface area contributed by atoms with Crippen molar-refractivity contribution in [2.75, 3.05) is 26.2 Å². The van der Waals surface area contributed by atoms with Crippen LogP contribution in [-0.2, 0) is 0 Å². The summed E-state index contributed by atoms with van der Waals surface area (Å²) in [6.45, 7) is 2.52. The summed E-state index contributed by atoms with van der Waals surface area (Å²) in [5.74, 6) is 0. The number of thiocarbonyl (C=S) groups is 1. The fourth-order valence-electron chi connectivity index (χ4n) is 1.10. The molecular formula is C6H10N3NaOS2. The molecule has 0 aliphatic carbocycles. The van der Waals surface area contributed by atoms with E-state index in [9.17, 15) is 5.11 Å². The number of rotatable bonds is 0. The molecule has 13 heavy (non-hydrogen) atoms. The maximum Gasteiger partial charge on any atom is 1.00 e. The molecule has 1 aliphatic rings. The molecule has 0 aromatic heterocycles. The first-order valence-electron chi connectivity index (χ1n) is 3.59. The van der Waals surface area contributed by atoms with Crippen LogP contribution in [0.4, 0.5) is 0 Å². The summed E-state index contributed by atoms with van der Waals surface area (Å²) >= 11 is 8.89. The molecule has 0 amide bonds. The van der Waals surface area contributed by atoms with Gasteiger partial charge in [-0.2, -0.15) is 0 Å². The first-order valence-corrected chi connectivity index (χ1v) is 4.45. The van der Waals surface area contributed by atoms with Crippen LogP contribution in [-0.4, -0.2) is 46.3 Å². The van der Waals surface area contributed by atoms with E-state index >= 15 is 0 Å². The number of piperazine rings is 1. The molecule has 0 aromatic rings. The van der Waals surface area contributed by atoms with Gasteiger partial charge in [0.2, 0.25) is 0 Å². The minimum Gasteiger partial charge on any atom is -0.846 e. The molecule has 0 unspecified atom stereocenters. The zero-order chi connectivity index (χ0) is 9.14. The van der Waals surface area contributed by atoms with Crippen LogP contribution in [0.1, 0.15) is 0 Å². The van der Waals surface area contributed by atoms with Crippen LogP contribution in [0.25, 0.3) is 0 Å². The average molecular weight is 227 g/mol. The van der Waals surface area contributed by atoms with Gasteiger partial charge in [0, 0.05) is 32.2 Å². The summed E-state index contributed by atoms with van der Waals surface area (Å²) < 4.78 is 0.562. The third-order valence-electron chi connectivity index (χ3n) is 1.84. The number of nitrogens with zero attached hydrogens (tertiary/aromatic N) is 2. The molecule has 1 saturated heterocycles. The number of hydrogen-bond acceptors (Lipinski definition) is 3. The number of hydrogen-bond donors (Lipinski definition) is 2. The fraction of sp³-hybridized carbons (Fsp3) is 0.667. The second-order valence-electron chi connectivity index (χ2n) is 2.56. The van der Waals surface area contributed by atoms with Gasteiger partial charge in [-0.25, -0.2) is 0 Å². The quantitative estimate of drug-likeness (QED) is 0.146. The predicted molar refractivity (Wildman–Crippen MR) is 52.5 cm³/mol. The third-order valence-corrected chi connectivity index (χ3v) is 2.38. The molecule has 7 heteroatoms. The molecule has 1 fully saturated rings. The van der Waals surface area contributed by atoms with Crippen molar-refractivity contribution in [2.24, 2.45) is 0 Å². The standard InChI is InChI=1S/C6H11N3OS2.Na/c7-5(10)8-1-3-9(4-2-8)6(11)12;/h1-4H2,(H2,7,10)(H,11,12);/q;+1/p-1. The van der Waals surface area contributed by atoms with Gasteiger partial charge in [-0.3, -0.25) is 5.41 Å². The van der Waals surface area contributed by atoms with Gasteiger partial charge in [0.25, 0.3) is 0 Å². The van der Waals surface area contributed by atoms with Crippen molar-refractivity contribution < 1.29 is 34.7 Å². The first-order chi connectivity index (χ1) is 5.61. The van der Waals surface area contributed by atoms with E-state index in [1.165, 1.54) is 4.90 Å². The van der Waals surface area contributed by atoms with Crippen LogP contribution >= 0.6 is 24.8 Å². The molecule has 0 bridgehead atoms. The van der Waals surface area contributed by atoms with E-state index in [1.54, 1.807) is 0 Å². The Balaban J connectivity index is 0.00000144. The smallest absolute Gasteiger partial charge is 0.846 e. The SMILES string of the molecule is N=C([O-])N1CCN(C(=S)S)CC1.[Na+]. The summed E-state index contributed by atoms with van der Waals surface area (Å²) in [5, 5.41) is 17.5. The normalized spacial score (nSPS) is 16.4. The Morgan fingerprint density at radius 3 is 1.92 bits per heavy atom. The summed E-state index contributed by atoms with van der Waals surface area (Å²) in [4.78, 5) is 3.40. The van der Waals surface area contributed by atoms with Gasteiger partial charge in [0.05, 0.1) is 0 Å². The monoisotopic (exact) mass is 227 g/mol. The van der Waals surface area contributed by atoms with Crippen molar-refractivity contribution >= 4 is 35.2 Å². The van der Waals surface area contributed by atoms with Crippen molar-refractivity contribution in [3.05, 3.63) is 0 Å². The topological polar surface area (TPSA) is 53.4 Å². The Morgan fingerprint density at radius 1 is 1.23 bits per heavy atom. The Bertz CT molecular complexity index is 184. The Morgan fingerprint density at radius 2 is 1.62 bits per heavy atom. The maximum atomic E-state index is 10.6. The first kappa shape index (κ1) is 13.5. The van der Waals surface area contributed by atoms with Gasteiger partial charge in [0.15, 0.2) is 0 Å². The molecule has 4 nitrogen and oxygen atoms in total. The van der Waals surface area contributed by atoms with Gasteiger partial charge in [-0.1, -0.05) is 12.2 Å². The van der Waals surface area contributed by atoms with Gasteiger partial charge >= 0.3 is 29.6 Å². The molecule has 0 aromatic carbocycles. The molecule has 68 valence electrons. The van der Waals surface area contributed by atoms with Crippen LogP contribution in [0.3, 0.4) is 0 Å². The molecule has 0 spiro atoms. The van der Waals surface area contributed by atoms with E-state index in [2.05, 4.69) is 12.6 Å². The van der Waals surface area contributed by atoms with Crippen molar-refractivity contribution in [1.29, 1.82) is 5.41 Å². The number of thiol groups is 1. The average Bonchev–Trinajstić information content (AvgIpc) is 2.04. The summed E-state index contributed by atoms with van der Waals surface area (Å²) in [6, 6.07) is -0.611. The summed E-state index contributed by atoms with van der Waals surface area (Å²) in [7, 11) is 0. The van der Waals surface area contributed by atoms with E-state index < -0.39 is 6.02 Å². The van der Waals surface area contributed by atoms with Crippen molar-refractivity contribution in [2.45, 2.75) is 0 Å². The van der Waals surface area contributed by atoms with Gasteiger partial charge < -0.3 is 14.9 Å². The number of nitrogens with one attached hydrogen (secondary N) is 1. The summed E-state index contributed by atoms with van der Waals surface area (Å²) in [6.07, 6.45) is 0. The van der Waals surface area contributed by atoms with Gasteiger partial charge in [-0.15, -0.1) is 12.6 Å². The molecule has 1 rings (SSSR count). The minimum absolute atomic E-state index is 0. The van der Waals surface area contributed by atoms with E-state index in [1.807, 2.05) is 4.90 Å². The Hall–Kier alpha value is 0.510. The molecule has 1 aliphatic heterocycles. The molecule has 0 radical (unpaired) electrons. The summed E-state index contributed by atoms with van der Waals surface area (Å²) in [5.41, 5.74) is 0. The molecule has 1 N–H and O–H groups in total. The zero-order valence-electron chi connectivity index (χ0n) is 7.49. The Labute approximate surface area is 110 Å². The largest absolute Gasteiger partial charge is 1.00 e. The van der Waals surface area contributed by atoms with Crippen LogP contribution in [0.15, 0.2) is 0 Å². The molecule has 0 atom stereocenters. The maximum absolute atomic E-state index is 10.6. The van der Waals surface area contributed by atoms with Crippen LogP contribution in [0, 0.1) is 5.41 Å². The van der Waals surface area contributed by atoms with E-state index in [4.69, 9.17) is 17.6 Å². The third kappa shape index (κ3) is 4.03. The molecule has 0 saturated carbocycles. The zero-order valence-corrected chi connectivity index (χ0v) is 11.2. The van der Waals surface area contributed by atoms with Crippen LogP contribution in [0.2, 0.25) is 0 Å². The fourth-order valence-corrected chi connectivity index (χ4v) is 1.48. The minimum atomic E-state index is -0.611. The Kier molecular flexibility index (Phi) is 6.32. The van der Waals surface area contributed by atoms with Crippen LogP contribution < -0.4 is 34.7 Å². The molecule has 1 heterocycles. The second-order valence-corrected chi connectivity index (χ2v) is 3.67. The molecular weight excluding hydrogens is 217 g/mol. The van der Waals surface area contributed by atoms with E-state index in [0.717, 1.165) is 0 Å². The predicted octanol–water partition coefficient (Wildman–Crippen LogP) is -3.88. The van der Waals surface area contributed by atoms with Crippen molar-refractivity contribution in [1.82, 2.24) is 9.80 Å². The van der Waals surface area contributed by atoms with Gasteiger partial charge in [0.1, 0.15) is 4.32 Å². The number of amidine groups is 1. The van der Waals surface area contributed by atoms with E-state index in [-0.39, 0.29) is 29.6 Å².